The van der Waals surface area contributed by atoms with E-state index in [4.69, 9.17) is 0 Å². The fraction of sp³-hybridized carbons (Fsp3) is 0.119. The van der Waals surface area contributed by atoms with Crippen molar-refractivity contribution >= 4 is 68.2 Å². The van der Waals surface area contributed by atoms with Crippen LogP contribution in [0.15, 0.2) is 187 Å². The molecule has 8 aromatic carbocycles. The van der Waals surface area contributed by atoms with E-state index in [2.05, 4.69) is 218 Å². The van der Waals surface area contributed by atoms with E-state index < -0.39 is 0 Å². The molecule has 2 aliphatic carbocycles. The second kappa shape index (κ2) is 14.0. The fourth-order valence-electron chi connectivity index (χ4n) is 10.6. The molecule has 0 aromatic heterocycles. The molecule has 2 aliphatic heterocycles. The lowest BCUT2D eigenvalue weighted by atomic mass is 9.81. The number of nitrogens with zero attached hydrogens (tertiary/aromatic N) is 2. The Morgan fingerprint density at radius 2 is 1.07 bits per heavy atom. The third-order valence-electron chi connectivity index (χ3n) is 13.7. The fourth-order valence-corrected chi connectivity index (χ4v) is 10.6. The van der Waals surface area contributed by atoms with E-state index in [9.17, 15) is 0 Å². The largest absolute Gasteiger partial charge is 0.313 e. The van der Waals surface area contributed by atoms with Crippen LogP contribution in [0.1, 0.15) is 65.6 Å². The number of benzene rings is 8. The van der Waals surface area contributed by atoms with Gasteiger partial charge in [0, 0.05) is 33.9 Å². The average Bonchev–Trinajstić information content (AvgIpc) is 3.43. The molecule has 0 saturated carbocycles. The van der Waals surface area contributed by atoms with Crippen LogP contribution in [0.5, 0.6) is 0 Å². The number of aryl methyl sites for hydroxylation is 2. The molecule has 292 valence electrons. The van der Waals surface area contributed by atoms with E-state index in [0.717, 1.165) is 25.7 Å². The Morgan fingerprint density at radius 3 is 1.84 bits per heavy atom. The zero-order valence-corrected chi connectivity index (χ0v) is 34.7. The molecule has 0 saturated heterocycles. The maximum absolute atomic E-state index is 2.51. The Labute approximate surface area is 358 Å². The van der Waals surface area contributed by atoms with E-state index in [1.165, 1.54) is 111 Å². The molecule has 0 fully saturated rings. The van der Waals surface area contributed by atoms with E-state index in [-0.39, 0.29) is 5.41 Å². The molecular weight excluding hydrogens is 737 g/mol. The van der Waals surface area contributed by atoms with Crippen molar-refractivity contribution in [2.75, 3.05) is 9.80 Å². The van der Waals surface area contributed by atoms with Crippen molar-refractivity contribution in [2.45, 2.75) is 44.9 Å². The third kappa shape index (κ3) is 5.85. The average molecular weight is 783 g/mol. The summed E-state index contributed by atoms with van der Waals surface area (Å²) in [7, 11) is 0. The minimum absolute atomic E-state index is 0.137. The van der Waals surface area contributed by atoms with Crippen molar-refractivity contribution < 1.29 is 0 Å². The Bertz CT molecular complexity index is 3200. The van der Waals surface area contributed by atoms with Gasteiger partial charge in [-0.3, -0.25) is 0 Å². The van der Waals surface area contributed by atoms with Crippen molar-refractivity contribution in [3.8, 4) is 11.1 Å². The first-order chi connectivity index (χ1) is 30.0. The number of anilines is 5. The minimum atomic E-state index is -0.137. The van der Waals surface area contributed by atoms with Crippen molar-refractivity contribution in [3.63, 3.8) is 0 Å². The van der Waals surface area contributed by atoms with Crippen LogP contribution in [0.25, 0.3) is 50.9 Å². The van der Waals surface area contributed by atoms with Gasteiger partial charge in [-0.2, -0.15) is 0 Å². The lowest BCUT2D eigenvalue weighted by molar-refractivity contribution is 0.660. The van der Waals surface area contributed by atoms with Gasteiger partial charge in [-0.1, -0.05) is 159 Å². The molecule has 0 unspecified atom stereocenters. The van der Waals surface area contributed by atoms with Gasteiger partial charge in [0.05, 0.1) is 5.69 Å². The van der Waals surface area contributed by atoms with Crippen molar-refractivity contribution in [2.24, 2.45) is 0 Å². The zero-order valence-electron chi connectivity index (χ0n) is 34.7. The van der Waals surface area contributed by atoms with Gasteiger partial charge in [-0.25, -0.2) is 0 Å². The van der Waals surface area contributed by atoms with Crippen LogP contribution in [0.4, 0.5) is 28.4 Å². The Hall–Kier alpha value is -7.16. The molecule has 61 heavy (non-hydrogen) atoms. The van der Waals surface area contributed by atoms with Crippen molar-refractivity contribution in [3.05, 3.63) is 226 Å². The molecule has 0 amide bonds. The Balaban J connectivity index is 0.842. The molecule has 0 atom stereocenters. The maximum Gasteiger partial charge on any atom is 0.0531 e. The van der Waals surface area contributed by atoms with Gasteiger partial charge in [0.1, 0.15) is 0 Å². The highest BCUT2D eigenvalue weighted by atomic mass is 15.2. The molecule has 0 radical (unpaired) electrons. The molecule has 0 spiro atoms. The summed E-state index contributed by atoms with van der Waals surface area (Å²) in [4.78, 5) is 4.97. The molecule has 0 bridgehead atoms. The van der Waals surface area contributed by atoms with E-state index in [1.54, 1.807) is 0 Å². The topological polar surface area (TPSA) is 6.48 Å². The molecule has 12 rings (SSSR count). The molecule has 2 heterocycles. The highest BCUT2D eigenvalue weighted by Gasteiger charge is 2.36. The highest BCUT2D eigenvalue weighted by molar-refractivity contribution is 6.09. The monoisotopic (exact) mass is 782 g/mol. The van der Waals surface area contributed by atoms with Gasteiger partial charge in [0.15, 0.2) is 0 Å². The normalized spacial score (nSPS) is 15.9. The highest BCUT2D eigenvalue weighted by Crippen LogP contribution is 2.52. The summed E-state index contributed by atoms with van der Waals surface area (Å²) in [5.41, 5.74) is 20.7. The number of rotatable bonds is 4. The zero-order chi connectivity index (χ0) is 40.7. The smallest absolute Gasteiger partial charge is 0.0531 e. The van der Waals surface area contributed by atoms with E-state index >= 15 is 0 Å². The first-order valence-electron chi connectivity index (χ1n) is 21.8. The third-order valence-corrected chi connectivity index (χ3v) is 13.7. The van der Waals surface area contributed by atoms with Gasteiger partial charge in [-0.05, 0) is 151 Å². The lowest BCUT2D eigenvalue weighted by Crippen LogP contribution is -2.20. The van der Waals surface area contributed by atoms with Crippen molar-refractivity contribution in [1.82, 2.24) is 0 Å². The van der Waals surface area contributed by atoms with E-state index in [1.807, 2.05) is 0 Å². The maximum atomic E-state index is 2.51. The molecule has 8 aromatic rings. The first kappa shape index (κ1) is 35.8. The predicted molar refractivity (Wildman–Crippen MR) is 259 cm³/mol. The van der Waals surface area contributed by atoms with Gasteiger partial charge >= 0.3 is 0 Å². The van der Waals surface area contributed by atoms with Gasteiger partial charge < -0.3 is 9.80 Å². The van der Waals surface area contributed by atoms with Crippen LogP contribution >= 0.6 is 0 Å². The molecular formula is C59H46N2. The first-order valence-corrected chi connectivity index (χ1v) is 21.8. The summed E-state index contributed by atoms with van der Waals surface area (Å²) < 4.78 is 0. The van der Waals surface area contributed by atoms with Crippen LogP contribution in [0.3, 0.4) is 0 Å². The summed E-state index contributed by atoms with van der Waals surface area (Å²) in [6, 6.07) is 59.2. The number of hydrogen-bond acceptors (Lipinski definition) is 2. The molecule has 2 nitrogen and oxygen atoms in total. The summed E-state index contributed by atoms with van der Waals surface area (Å²) >= 11 is 0. The second-order valence-corrected chi connectivity index (χ2v) is 17.6. The summed E-state index contributed by atoms with van der Waals surface area (Å²) in [5, 5.41) is 5.06. The molecule has 2 heteroatoms. The molecule has 4 aliphatic rings. The number of hydrogen-bond donors (Lipinski definition) is 0. The standard InChI is InChI=1S/C59H46N2/c1-59(2)53-36-40(22-32-51(53)52-34-30-48(38-54(52)59)61-57-17-9-5-13-43(57)25-26-44-14-6-10-18-58(44)61)20-19-39-21-31-49-45(35-39)27-28-46-37-47(29-33-50(46)49)60-55-15-7-3-11-41(55)23-24-42-12-4-8-16-56(42)60/h3-9,11-17,19-22,25-38H,10,18,23-24H2,1-2H3/b20-19+. The number of para-hydroxylation sites is 3. The van der Waals surface area contributed by atoms with Gasteiger partial charge in [-0.15, -0.1) is 0 Å². The summed E-state index contributed by atoms with van der Waals surface area (Å²) in [6.07, 6.45) is 17.9. The summed E-state index contributed by atoms with van der Waals surface area (Å²) in [6.45, 7) is 4.78. The quantitative estimate of drug-likeness (QED) is 0.130. The van der Waals surface area contributed by atoms with Gasteiger partial charge in [0.25, 0.3) is 0 Å². The number of allylic oxidation sites excluding steroid dienone is 5. The van der Waals surface area contributed by atoms with E-state index in [0.29, 0.717) is 0 Å². The van der Waals surface area contributed by atoms with Crippen LogP contribution in [-0.4, -0.2) is 0 Å². The van der Waals surface area contributed by atoms with Crippen LogP contribution in [-0.2, 0) is 18.3 Å². The van der Waals surface area contributed by atoms with Crippen molar-refractivity contribution in [1.29, 1.82) is 0 Å². The number of fused-ring (bicyclic) bond motifs is 9. The second-order valence-electron chi connectivity index (χ2n) is 17.6. The Morgan fingerprint density at radius 1 is 0.475 bits per heavy atom. The van der Waals surface area contributed by atoms with Gasteiger partial charge in [0.2, 0.25) is 0 Å². The van der Waals surface area contributed by atoms with Crippen LogP contribution < -0.4 is 9.80 Å². The predicted octanol–water partition coefficient (Wildman–Crippen LogP) is 15.8. The summed E-state index contributed by atoms with van der Waals surface area (Å²) in [5.74, 6) is 0. The lowest BCUT2D eigenvalue weighted by Gasteiger charge is -2.32. The van der Waals surface area contributed by atoms with Crippen LogP contribution in [0, 0.1) is 0 Å². The minimum Gasteiger partial charge on any atom is -0.313 e. The van der Waals surface area contributed by atoms with Crippen LogP contribution in [0.2, 0.25) is 0 Å². The molecule has 0 N–H and O–H groups in total. The SMILES string of the molecule is CC1(C)c2cc(/C=C/c3ccc4c(ccc5cc(N6c7ccccc7CCc7ccccc76)ccc54)c3)ccc2-c2ccc(N3C4=C(C=CCC4)C=Cc4ccccc43)cc21. The Kier molecular flexibility index (Phi) is 8.19.